The van der Waals surface area contributed by atoms with Crippen LogP contribution in [0.5, 0.6) is 17.6 Å². The van der Waals surface area contributed by atoms with Gasteiger partial charge in [-0.3, -0.25) is 4.90 Å². The van der Waals surface area contributed by atoms with Crippen LogP contribution < -0.4 is 14.4 Å². The van der Waals surface area contributed by atoms with Gasteiger partial charge in [0.2, 0.25) is 5.88 Å². The summed E-state index contributed by atoms with van der Waals surface area (Å²) in [6.07, 6.45) is 6.71. The number of hydrogen-bond acceptors (Lipinski definition) is 9. The van der Waals surface area contributed by atoms with Crippen LogP contribution >= 0.6 is 0 Å². The molecule has 4 aromatic rings. The molecule has 43 heavy (non-hydrogen) atoms. The maximum Gasteiger partial charge on any atom is 0.319 e. The lowest BCUT2D eigenvalue weighted by molar-refractivity contribution is 0.107. The van der Waals surface area contributed by atoms with E-state index in [0.29, 0.717) is 18.4 Å². The van der Waals surface area contributed by atoms with Crippen molar-refractivity contribution in [3.63, 3.8) is 0 Å². The van der Waals surface area contributed by atoms with E-state index in [2.05, 4.69) is 25.8 Å². The fourth-order valence-electron chi connectivity index (χ4n) is 6.74. The Morgan fingerprint density at radius 2 is 2.05 bits per heavy atom. The predicted molar refractivity (Wildman–Crippen MR) is 153 cm³/mol. The first-order valence-corrected chi connectivity index (χ1v) is 14.0. The van der Waals surface area contributed by atoms with Crippen molar-refractivity contribution < 1.29 is 32.9 Å². The highest BCUT2D eigenvalue weighted by atomic mass is 19.1. The average molecular weight is 592 g/mol. The SMILES string of the molecule is C#Cc1c(F)ccc2cc(O)cc(-c3nc4c5c(nc(OC[C@@]67CCCN6C[C@H](F)C7)nc5c3F)N(C)[C@@H](CO)CO4)c12. The molecule has 0 saturated carbocycles. The lowest BCUT2D eigenvalue weighted by Gasteiger charge is -2.31. The molecule has 3 aliphatic rings. The Hall–Kier alpha value is -4.34. The minimum Gasteiger partial charge on any atom is -0.508 e. The Morgan fingerprint density at radius 3 is 2.84 bits per heavy atom. The average Bonchev–Trinajstić information content (AvgIpc) is 3.48. The predicted octanol–water partition coefficient (Wildman–Crippen LogP) is 3.95. The van der Waals surface area contributed by atoms with Gasteiger partial charge in [0.15, 0.2) is 5.82 Å². The van der Waals surface area contributed by atoms with Crippen LogP contribution in [-0.2, 0) is 0 Å². The number of alkyl halides is 1. The Morgan fingerprint density at radius 1 is 1.21 bits per heavy atom. The van der Waals surface area contributed by atoms with E-state index in [1.807, 2.05) is 0 Å². The van der Waals surface area contributed by atoms with Crippen molar-refractivity contribution in [2.75, 3.05) is 44.9 Å². The highest BCUT2D eigenvalue weighted by molar-refractivity contribution is 6.04. The summed E-state index contributed by atoms with van der Waals surface area (Å²) in [7, 11) is 1.68. The number of fused-ring (bicyclic) bond motifs is 2. The number of phenolic OH excluding ortho intramolecular Hbond substituents is 1. The lowest BCUT2D eigenvalue weighted by Crippen LogP contribution is -2.43. The standard InChI is InChI=1S/C31H28F3N5O4/c1-3-20-22(33)6-5-16-9-19(41)10-21(23(16)20)26-25(34)27-24-28(38(2)18(13-40)14-42-29(24)35-26)37-30(36-27)43-15-31-7-4-8-39(31)12-17(32)11-31/h1,5-6,9-10,17-18,40-41H,4,7-8,11-15H2,2H3/t17-,18+,31+/m1/s1. The number of terminal acetylenes is 1. The summed E-state index contributed by atoms with van der Waals surface area (Å²) < 4.78 is 57.9. The fraction of sp³-hybridized carbons (Fsp3) is 0.387. The molecule has 0 unspecified atom stereocenters. The molecule has 12 heteroatoms. The monoisotopic (exact) mass is 591 g/mol. The van der Waals surface area contributed by atoms with Crippen molar-refractivity contribution in [2.45, 2.75) is 37.0 Å². The second-order valence-electron chi connectivity index (χ2n) is 11.4. The molecule has 9 nitrogen and oxygen atoms in total. The number of aliphatic hydroxyl groups is 1. The minimum atomic E-state index is -0.955. The number of nitrogens with zero attached hydrogens (tertiary/aromatic N) is 5. The van der Waals surface area contributed by atoms with Crippen molar-refractivity contribution in [1.82, 2.24) is 19.9 Å². The van der Waals surface area contributed by atoms with Gasteiger partial charge in [-0.05, 0) is 43.0 Å². The zero-order chi connectivity index (χ0) is 30.0. The van der Waals surface area contributed by atoms with Crippen molar-refractivity contribution >= 4 is 27.5 Å². The molecule has 5 heterocycles. The number of rotatable bonds is 5. The number of aromatic hydroxyl groups is 1. The molecule has 0 spiro atoms. The second kappa shape index (κ2) is 10.1. The first-order valence-electron chi connectivity index (χ1n) is 14.0. The van der Waals surface area contributed by atoms with E-state index >= 15 is 4.39 Å². The van der Waals surface area contributed by atoms with E-state index in [4.69, 9.17) is 15.9 Å². The minimum absolute atomic E-state index is 0.00625. The van der Waals surface area contributed by atoms with Gasteiger partial charge in [0, 0.05) is 31.0 Å². The molecule has 3 aliphatic heterocycles. The highest BCUT2D eigenvalue weighted by Crippen LogP contribution is 2.44. The summed E-state index contributed by atoms with van der Waals surface area (Å²) in [4.78, 5) is 17.2. The van der Waals surface area contributed by atoms with Crippen LogP contribution in [0.4, 0.5) is 19.0 Å². The third-order valence-electron chi connectivity index (χ3n) is 8.90. The van der Waals surface area contributed by atoms with Gasteiger partial charge in [0.05, 0.1) is 23.8 Å². The Balaban J connectivity index is 1.43. The van der Waals surface area contributed by atoms with Crippen LogP contribution in [0, 0.1) is 24.0 Å². The molecule has 2 fully saturated rings. The molecule has 7 rings (SSSR count). The lowest BCUT2D eigenvalue weighted by atomic mass is 9.95. The van der Waals surface area contributed by atoms with Crippen LogP contribution in [0.3, 0.4) is 0 Å². The zero-order valence-corrected chi connectivity index (χ0v) is 23.3. The largest absolute Gasteiger partial charge is 0.508 e. The van der Waals surface area contributed by atoms with Crippen LogP contribution in [0.1, 0.15) is 24.8 Å². The smallest absolute Gasteiger partial charge is 0.319 e. The summed E-state index contributed by atoms with van der Waals surface area (Å²) in [5.41, 5.74) is -1.02. The van der Waals surface area contributed by atoms with Crippen molar-refractivity contribution in [2.24, 2.45) is 0 Å². The summed E-state index contributed by atoms with van der Waals surface area (Å²) in [6.45, 7) is 0.942. The number of hydrogen-bond donors (Lipinski definition) is 2. The van der Waals surface area contributed by atoms with Crippen LogP contribution in [0.2, 0.25) is 0 Å². The van der Waals surface area contributed by atoms with E-state index in [0.717, 1.165) is 19.4 Å². The molecule has 2 aromatic heterocycles. The van der Waals surface area contributed by atoms with E-state index in [1.54, 1.807) is 11.9 Å². The Kier molecular flexibility index (Phi) is 6.48. The number of anilines is 1. The van der Waals surface area contributed by atoms with Crippen molar-refractivity contribution in [1.29, 1.82) is 0 Å². The van der Waals surface area contributed by atoms with Gasteiger partial charge in [0.1, 0.15) is 53.4 Å². The molecule has 3 atom stereocenters. The van der Waals surface area contributed by atoms with E-state index in [1.165, 1.54) is 24.3 Å². The van der Waals surface area contributed by atoms with E-state index in [-0.39, 0.29) is 76.4 Å². The maximum atomic E-state index is 16.7. The van der Waals surface area contributed by atoms with Crippen LogP contribution in [0.25, 0.3) is 32.9 Å². The topological polar surface area (TPSA) is 104 Å². The third-order valence-corrected chi connectivity index (χ3v) is 8.90. The maximum absolute atomic E-state index is 16.7. The fourth-order valence-corrected chi connectivity index (χ4v) is 6.74. The van der Waals surface area contributed by atoms with Crippen LogP contribution in [-0.4, -0.2) is 87.8 Å². The van der Waals surface area contributed by atoms with Crippen molar-refractivity contribution in [3.8, 4) is 41.2 Å². The molecule has 2 N–H and O–H groups in total. The first kappa shape index (κ1) is 27.5. The van der Waals surface area contributed by atoms with Gasteiger partial charge in [-0.1, -0.05) is 12.0 Å². The molecule has 0 aliphatic carbocycles. The van der Waals surface area contributed by atoms with Gasteiger partial charge in [-0.2, -0.15) is 9.97 Å². The molecule has 0 radical (unpaired) electrons. The van der Waals surface area contributed by atoms with Crippen LogP contribution in [0.15, 0.2) is 24.3 Å². The summed E-state index contributed by atoms with van der Waals surface area (Å²) in [5, 5.41) is 21.3. The quantitative estimate of drug-likeness (QED) is 0.334. The summed E-state index contributed by atoms with van der Waals surface area (Å²) in [6, 6.07) is 4.58. The summed E-state index contributed by atoms with van der Waals surface area (Å²) in [5.74, 6) is 0.761. The molecule has 0 bridgehead atoms. The number of pyridine rings is 1. The van der Waals surface area contributed by atoms with Gasteiger partial charge in [-0.15, -0.1) is 6.42 Å². The number of aliphatic hydroxyl groups excluding tert-OH is 1. The van der Waals surface area contributed by atoms with Gasteiger partial charge >= 0.3 is 6.01 Å². The highest BCUT2D eigenvalue weighted by Gasteiger charge is 2.49. The zero-order valence-electron chi connectivity index (χ0n) is 23.3. The number of phenols is 1. The van der Waals surface area contributed by atoms with E-state index < -0.39 is 29.4 Å². The number of likely N-dealkylation sites (N-methyl/N-ethyl adjacent to an activating group) is 1. The Bertz CT molecular complexity index is 1830. The number of benzene rings is 2. The third kappa shape index (κ3) is 4.29. The first-order chi connectivity index (χ1) is 20.7. The molecule has 222 valence electrons. The van der Waals surface area contributed by atoms with Gasteiger partial charge in [-0.25, -0.2) is 18.2 Å². The number of aromatic nitrogens is 3. The van der Waals surface area contributed by atoms with Gasteiger partial charge < -0.3 is 24.6 Å². The normalized spacial score (nSPS) is 23.3. The second-order valence-corrected chi connectivity index (χ2v) is 11.4. The number of halogens is 3. The molecule has 0 amide bonds. The summed E-state index contributed by atoms with van der Waals surface area (Å²) >= 11 is 0. The van der Waals surface area contributed by atoms with Gasteiger partial charge in [0.25, 0.3) is 0 Å². The molecular weight excluding hydrogens is 563 g/mol. The molecule has 2 saturated heterocycles. The molecule has 2 aromatic carbocycles. The molecular formula is C31H28F3N5O4. The van der Waals surface area contributed by atoms with E-state index in [9.17, 15) is 19.0 Å². The Labute approximate surface area is 244 Å². The number of ether oxygens (including phenoxy) is 2. The van der Waals surface area contributed by atoms with Crippen molar-refractivity contribution in [3.05, 3.63) is 41.5 Å².